The first-order chi connectivity index (χ1) is 15.1. The molecule has 156 valence electrons. The highest BCUT2D eigenvalue weighted by molar-refractivity contribution is 6.35. The molecule has 0 radical (unpaired) electrons. The maximum atomic E-state index is 13.5. The van der Waals surface area contributed by atoms with Crippen molar-refractivity contribution in [3.63, 3.8) is 0 Å². The summed E-state index contributed by atoms with van der Waals surface area (Å²) in [5.74, 6) is -1.17. The third kappa shape index (κ3) is 4.23. The lowest BCUT2D eigenvalue weighted by Gasteiger charge is -2.25. The predicted octanol–water partition coefficient (Wildman–Crippen LogP) is 4.02. The number of carbonyl (C=O) groups excluding carboxylic acids is 2. The molecule has 3 aromatic rings. The lowest BCUT2D eigenvalue weighted by molar-refractivity contribution is -0.138. The number of likely N-dealkylation sites (N-methyl/N-ethyl adjacent to an activating group) is 1. The van der Waals surface area contributed by atoms with Crippen molar-refractivity contribution in [2.45, 2.75) is 20.0 Å². The van der Waals surface area contributed by atoms with Gasteiger partial charge in [-0.2, -0.15) is 0 Å². The Kier molecular flexibility index (Phi) is 5.89. The maximum absolute atomic E-state index is 13.5. The number of imide groups is 1. The summed E-state index contributed by atoms with van der Waals surface area (Å²) in [6.07, 6.45) is 1.63. The van der Waals surface area contributed by atoms with Crippen LogP contribution < -0.4 is 0 Å². The molecule has 0 aliphatic carbocycles. The molecule has 0 saturated heterocycles. The molecule has 1 aliphatic rings. The van der Waals surface area contributed by atoms with Crippen LogP contribution in [0.1, 0.15) is 23.7 Å². The fourth-order valence-corrected chi connectivity index (χ4v) is 3.68. The summed E-state index contributed by atoms with van der Waals surface area (Å²) in [7, 11) is 0. The van der Waals surface area contributed by atoms with Gasteiger partial charge in [0.2, 0.25) is 0 Å². The van der Waals surface area contributed by atoms with Crippen molar-refractivity contribution in [3.05, 3.63) is 107 Å². The minimum atomic E-state index is -0.399. The number of carbonyl (C=O) groups is 2. The highest BCUT2D eigenvalue weighted by Gasteiger charge is 2.41. The van der Waals surface area contributed by atoms with Gasteiger partial charge in [-0.3, -0.25) is 19.5 Å². The Balaban J connectivity index is 1.76. The average Bonchev–Trinajstić information content (AvgIpc) is 3.04. The molecule has 0 unspecified atom stereocenters. The van der Waals surface area contributed by atoms with Crippen LogP contribution in [0, 0.1) is 5.82 Å². The average molecular weight is 415 g/mol. The molecular formula is C25H22FN3O2. The largest absolute Gasteiger partial charge is 0.362 e. The van der Waals surface area contributed by atoms with Crippen molar-refractivity contribution in [2.75, 3.05) is 6.54 Å². The van der Waals surface area contributed by atoms with Crippen LogP contribution in [0.4, 0.5) is 4.39 Å². The number of amides is 2. The second-order valence-corrected chi connectivity index (χ2v) is 7.25. The zero-order valence-corrected chi connectivity index (χ0v) is 17.2. The molecule has 6 heteroatoms. The lowest BCUT2D eigenvalue weighted by Crippen LogP contribution is -2.35. The van der Waals surface area contributed by atoms with E-state index in [1.165, 1.54) is 29.2 Å². The summed E-state index contributed by atoms with van der Waals surface area (Å²) < 4.78 is 13.5. The SMILES string of the molecule is CCN(Cc1ccccc1)C1=C(c2ccc(F)cc2)C(=O)N(Cc2ccccn2)C1=O. The normalized spacial score (nSPS) is 13.8. The van der Waals surface area contributed by atoms with Gasteiger partial charge >= 0.3 is 0 Å². The fraction of sp³-hybridized carbons (Fsp3) is 0.160. The van der Waals surface area contributed by atoms with Crippen LogP contribution in [-0.4, -0.2) is 33.1 Å². The molecule has 0 saturated carbocycles. The van der Waals surface area contributed by atoms with Crippen molar-refractivity contribution in [1.29, 1.82) is 0 Å². The molecule has 1 aliphatic heterocycles. The topological polar surface area (TPSA) is 53.5 Å². The summed E-state index contributed by atoms with van der Waals surface area (Å²) >= 11 is 0. The van der Waals surface area contributed by atoms with Gasteiger partial charge in [0, 0.05) is 19.3 Å². The van der Waals surface area contributed by atoms with Crippen molar-refractivity contribution in [1.82, 2.24) is 14.8 Å². The van der Waals surface area contributed by atoms with Gasteiger partial charge in [0.15, 0.2) is 0 Å². The fourth-order valence-electron chi connectivity index (χ4n) is 3.68. The van der Waals surface area contributed by atoms with Crippen LogP contribution in [0.5, 0.6) is 0 Å². The number of pyridine rings is 1. The van der Waals surface area contributed by atoms with Gasteiger partial charge < -0.3 is 4.90 Å². The van der Waals surface area contributed by atoms with Gasteiger partial charge in [0.25, 0.3) is 11.8 Å². The molecule has 1 aromatic heterocycles. The summed E-state index contributed by atoms with van der Waals surface area (Å²) in [5, 5.41) is 0. The number of benzene rings is 2. The molecule has 2 aromatic carbocycles. The number of hydrogen-bond acceptors (Lipinski definition) is 4. The number of halogens is 1. The molecule has 2 heterocycles. The number of aromatic nitrogens is 1. The van der Waals surface area contributed by atoms with E-state index >= 15 is 0 Å². The summed E-state index contributed by atoms with van der Waals surface area (Å²) in [4.78, 5) is 34.2. The third-order valence-corrected chi connectivity index (χ3v) is 5.24. The van der Waals surface area contributed by atoms with Crippen LogP contribution >= 0.6 is 0 Å². The van der Waals surface area contributed by atoms with E-state index in [-0.39, 0.29) is 12.5 Å². The van der Waals surface area contributed by atoms with Crippen LogP contribution in [0.2, 0.25) is 0 Å². The second kappa shape index (κ2) is 8.92. The Morgan fingerprint density at radius 3 is 2.26 bits per heavy atom. The molecule has 31 heavy (non-hydrogen) atoms. The van der Waals surface area contributed by atoms with Crippen molar-refractivity contribution >= 4 is 17.4 Å². The quantitative estimate of drug-likeness (QED) is 0.547. The third-order valence-electron chi connectivity index (χ3n) is 5.24. The van der Waals surface area contributed by atoms with E-state index in [9.17, 15) is 14.0 Å². The van der Waals surface area contributed by atoms with E-state index < -0.39 is 11.7 Å². The van der Waals surface area contributed by atoms with Gasteiger partial charge in [0.05, 0.1) is 17.8 Å². The molecular weight excluding hydrogens is 393 g/mol. The van der Waals surface area contributed by atoms with Crippen LogP contribution in [-0.2, 0) is 22.7 Å². The van der Waals surface area contributed by atoms with E-state index in [1.807, 2.05) is 48.2 Å². The Labute approximate surface area is 180 Å². The van der Waals surface area contributed by atoms with Gasteiger partial charge in [0.1, 0.15) is 11.5 Å². The summed E-state index contributed by atoms with van der Waals surface area (Å²) in [6.45, 7) is 3.03. The molecule has 0 N–H and O–H groups in total. The van der Waals surface area contributed by atoms with E-state index in [1.54, 1.807) is 18.3 Å². The van der Waals surface area contributed by atoms with Gasteiger partial charge in [-0.1, -0.05) is 48.5 Å². The van der Waals surface area contributed by atoms with Crippen molar-refractivity contribution in [2.24, 2.45) is 0 Å². The van der Waals surface area contributed by atoms with Crippen LogP contribution in [0.15, 0.2) is 84.7 Å². The first kappa shape index (κ1) is 20.5. The summed E-state index contributed by atoms with van der Waals surface area (Å²) in [6, 6.07) is 20.8. The zero-order chi connectivity index (χ0) is 21.8. The molecule has 5 nitrogen and oxygen atoms in total. The minimum absolute atomic E-state index is 0.0790. The highest BCUT2D eigenvalue weighted by atomic mass is 19.1. The Morgan fingerprint density at radius 1 is 0.903 bits per heavy atom. The van der Waals surface area contributed by atoms with Gasteiger partial charge in [-0.25, -0.2) is 4.39 Å². The predicted molar refractivity (Wildman–Crippen MR) is 116 cm³/mol. The van der Waals surface area contributed by atoms with Gasteiger partial charge in [-0.05, 0) is 42.3 Å². The Hall–Kier alpha value is -3.80. The number of rotatable bonds is 7. The molecule has 2 amide bonds. The maximum Gasteiger partial charge on any atom is 0.278 e. The molecule has 0 spiro atoms. The van der Waals surface area contributed by atoms with E-state index in [4.69, 9.17) is 0 Å². The Bertz CT molecular complexity index is 1110. The minimum Gasteiger partial charge on any atom is -0.362 e. The van der Waals surface area contributed by atoms with Crippen molar-refractivity contribution in [3.8, 4) is 0 Å². The smallest absolute Gasteiger partial charge is 0.278 e. The Morgan fingerprint density at radius 2 is 1.61 bits per heavy atom. The standard InChI is InChI=1S/C25H22FN3O2/c1-2-28(16-18-8-4-3-5-9-18)23-22(19-11-13-20(26)14-12-19)24(30)29(25(23)31)17-21-10-6-7-15-27-21/h3-15H,2,16-17H2,1H3. The number of nitrogens with zero attached hydrogens (tertiary/aromatic N) is 3. The van der Waals surface area contributed by atoms with E-state index in [0.717, 1.165) is 5.56 Å². The number of hydrogen-bond donors (Lipinski definition) is 0. The van der Waals surface area contributed by atoms with Crippen molar-refractivity contribution < 1.29 is 14.0 Å². The molecule has 0 fully saturated rings. The van der Waals surface area contributed by atoms with E-state index in [0.29, 0.717) is 35.6 Å². The highest BCUT2D eigenvalue weighted by Crippen LogP contribution is 2.33. The molecule has 0 atom stereocenters. The van der Waals surface area contributed by atoms with E-state index in [2.05, 4.69) is 4.98 Å². The molecule has 4 rings (SSSR count). The lowest BCUT2D eigenvalue weighted by atomic mass is 10.0. The summed E-state index contributed by atoms with van der Waals surface area (Å²) in [5.41, 5.74) is 2.79. The first-order valence-electron chi connectivity index (χ1n) is 10.1. The monoisotopic (exact) mass is 415 g/mol. The second-order valence-electron chi connectivity index (χ2n) is 7.25. The zero-order valence-electron chi connectivity index (χ0n) is 17.2. The van der Waals surface area contributed by atoms with Crippen LogP contribution in [0.25, 0.3) is 5.57 Å². The molecule has 0 bridgehead atoms. The van der Waals surface area contributed by atoms with Crippen LogP contribution in [0.3, 0.4) is 0 Å². The van der Waals surface area contributed by atoms with Gasteiger partial charge in [-0.15, -0.1) is 0 Å². The first-order valence-corrected chi connectivity index (χ1v) is 10.1.